The van der Waals surface area contributed by atoms with Crippen LogP contribution >= 0.6 is 0 Å². The third-order valence-corrected chi connectivity index (χ3v) is 5.05. The first-order chi connectivity index (χ1) is 14.5. The number of aliphatic hydroxyl groups is 1. The Balaban J connectivity index is 1.88. The zero-order valence-corrected chi connectivity index (χ0v) is 16.7. The number of nitrogens with one attached hydrogen (secondary N) is 2. The zero-order valence-electron chi connectivity index (χ0n) is 16.7. The summed E-state index contributed by atoms with van der Waals surface area (Å²) in [5.74, 6) is 0.741. The van der Waals surface area contributed by atoms with Crippen LogP contribution in [0, 0.1) is 0 Å². The highest BCUT2D eigenvalue weighted by Gasteiger charge is 2.30. The van der Waals surface area contributed by atoms with Crippen molar-refractivity contribution in [3.8, 4) is 11.5 Å². The molecular formula is C24H22N2O4. The number of rotatable bonds is 4. The lowest BCUT2D eigenvalue weighted by molar-refractivity contribution is -0.115. The van der Waals surface area contributed by atoms with Crippen LogP contribution < -0.4 is 15.4 Å². The van der Waals surface area contributed by atoms with Crippen molar-refractivity contribution in [2.45, 2.75) is 26.4 Å². The third kappa shape index (κ3) is 3.77. The minimum absolute atomic E-state index is 0.0772. The van der Waals surface area contributed by atoms with Crippen LogP contribution in [0.25, 0.3) is 0 Å². The Morgan fingerprint density at radius 2 is 1.37 bits per heavy atom. The molecule has 0 aromatic heterocycles. The number of aliphatic hydroxyl groups excluding tert-OH is 1. The third-order valence-electron chi connectivity index (χ3n) is 5.05. The summed E-state index contributed by atoms with van der Waals surface area (Å²) in [7, 11) is 0. The lowest BCUT2D eigenvalue weighted by Gasteiger charge is -2.30. The molecule has 0 atom stereocenters. The predicted molar refractivity (Wildman–Crippen MR) is 115 cm³/mol. The Morgan fingerprint density at radius 3 is 1.87 bits per heavy atom. The highest BCUT2D eigenvalue weighted by Crippen LogP contribution is 2.49. The van der Waals surface area contributed by atoms with Crippen LogP contribution in [0.15, 0.2) is 60.7 Å². The first-order valence-electron chi connectivity index (χ1n) is 9.66. The fourth-order valence-corrected chi connectivity index (χ4v) is 3.87. The summed E-state index contributed by atoms with van der Waals surface area (Å²) in [6, 6.07) is 18.9. The Hall–Kier alpha value is -3.64. The Kier molecular flexibility index (Phi) is 5.25. The van der Waals surface area contributed by atoms with E-state index in [4.69, 9.17) is 4.74 Å². The van der Waals surface area contributed by atoms with E-state index >= 15 is 0 Å². The molecule has 2 amide bonds. The minimum Gasteiger partial charge on any atom is -0.457 e. The van der Waals surface area contributed by atoms with E-state index in [9.17, 15) is 14.7 Å². The maximum absolute atomic E-state index is 11.5. The van der Waals surface area contributed by atoms with E-state index < -0.39 is 0 Å². The van der Waals surface area contributed by atoms with Crippen molar-refractivity contribution in [1.82, 2.24) is 0 Å². The molecule has 0 spiro atoms. The van der Waals surface area contributed by atoms with Crippen LogP contribution in [-0.4, -0.2) is 16.9 Å². The van der Waals surface area contributed by atoms with E-state index in [1.54, 1.807) is 12.1 Å². The number of amides is 2. The molecule has 1 aliphatic heterocycles. The standard InChI is InChI=1S/C24H22N2O4/c1-14(28)25-17-7-9-20-22(11-17)30-23-12-18(26-15(2)29)8-10-21(23)24(20)19-6-4-3-5-16(19)13-27/h3-12,24,27H,13H2,1-2H3,(H,25,28)(H,26,29). The molecule has 3 aromatic rings. The van der Waals surface area contributed by atoms with Crippen LogP contribution in [0.1, 0.15) is 42.0 Å². The van der Waals surface area contributed by atoms with E-state index in [1.165, 1.54) is 13.8 Å². The second-order valence-electron chi connectivity index (χ2n) is 7.26. The molecule has 0 radical (unpaired) electrons. The normalized spacial score (nSPS) is 12.4. The van der Waals surface area contributed by atoms with Crippen molar-refractivity contribution in [2.75, 3.05) is 10.6 Å². The molecular weight excluding hydrogens is 380 g/mol. The number of fused-ring (bicyclic) bond motifs is 2. The van der Waals surface area contributed by atoms with Gasteiger partial charge >= 0.3 is 0 Å². The van der Waals surface area contributed by atoms with Gasteiger partial charge < -0.3 is 20.5 Å². The molecule has 0 bridgehead atoms. The highest BCUT2D eigenvalue weighted by atomic mass is 16.5. The van der Waals surface area contributed by atoms with Gasteiger partial charge in [-0.05, 0) is 23.3 Å². The number of benzene rings is 3. The molecule has 6 nitrogen and oxygen atoms in total. The van der Waals surface area contributed by atoms with Gasteiger partial charge in [0.05, 0.1) is 6.61 Å². The van der Waals surface area contributed by atoms with E-state index in [2.05, 4.69) is 10.6 Å². The van der Waals surface area contributed by atoms with Crippen molar-refractivity contribution in [3.63, 3.8) is 0 Å². The van der Waals surface area contributed by atoms with E-state index in [0.717, 1.165) is 22.3 Å². The Morgan fingerprint density at radius 1 is 0.833 bits per heavy atom. The highest BCUT2D eigenvalue weighted by molar-refractivity contribution is 5.90. The van der Waals surface area contributed by atoms with E-state index in [1.807, 2.05) is 48.5 Å². The van der Waals surface area contributed by atoms with Crippen LogP contribution in [-0.2, 0) is 16.2 Å². The van der Waals surface area contributed by atoms with Crippen LogP contribution in [0.3, 0.4) is 0 Å². The topological polar surface area (TPSA) is 87.7 Å². The van der Waals surface area contributed by atoms with Gasteiger partial charge in [0, 0.05) is 54.4 Å². The number of carbonyl (C=O) groups is 2. The summed E-state index contributed by atoms with van der Waals surface area (Å²) < 4.78 is 6.18. The molecule has 0 aliphatic carbocycles. The minimum atomic E-state index is -0.165. The maximum Gasteiger partial charge on any atom is 0.221 e. The summed E-state index contributed by atoms with van der Waals surface area (Å²) in [5.41, 5.74) is 4.95. The molecule has 1 aliphatic rings. The van der Waals surface area contributed by atoms with Gasteiger partial charge in [0.1, 0.15) is 11.5 Å². The van der Waals surface area contributed by atoms with Gasteiger partial charge in [-0.1, -0.05) is 36.4 Å². The second-order valence-corrected chi connectivity index (χ2v) is 7.26. The summed E-state index contributed by atoms with van der Waals surface area (Å²) >= 11 is 0. The first kappa shape index (κ1) is 19.7. The summed E-state index contributed by atoms with van der Waals surface area (Å²) in [5, 5.41) is 15.5. The lowest BCUT2D eigenvalue weighted by atomic mass is 9.80. The van der Waals surface area contributed by atoms with Gasteiger partial charge in [-0.25, -0.2) is 0 Å². The quantitative estimate of drug-likeness (QED) is 0.473. The second kappa shape index (κ2) is 8.00. The number of carbonyl (C=O) groups excluding carboxylic acids is 2. The fraction of sp³-hybridized carbons (Fsp3) is 0.167. The van der Waals surface area contributed by atoms with E-state index in [0.29, 0.717) is 22.9 Å². The Bertz CT molecular complexity index is 1070. The molecule has 0 unspecified atom stereocenters. The fourth-order valence-electron chi connectivity index (χ4n) is 3.87. The van der Waals surface area contributed by atoms with E-state index in [-0.39, 0.29) is 24.3 Å². The molecule has 4 rings (SSSR count). The van der Waals surface area contributed by atoms with Gasteiger partial charge in [-0.15, -0.1) is 0 Å². The monoisotopic (exact) mass is 402 g/mol. The molecule has 152 valence electrons. The van der Waals surface area contributed by atoms with Gasteiger partial charge in [0.15, 0.2) is 0 Å². The zero-order chi connectivity index (χ0) is 21.3. The molecule has 0 saturated carbocycles. The largest absolute Gasteiger partial charge is 0.457 e. The predicted octanol–water partition coefficient (Wildman–Crippen LogP) is 4.38. The van der Waals surface area contributed by atoms with Crippen molar-refractivity contribution in [3.05, 3.63) is 82.9 Å². The molecule has 0 saturated heterocycles. The molecule has 1 heterocycles. The summed E-state index contributed by atoms with van der Waals surface area (Å²) in [4.78, 5) is 23.0. The molecule has 3 aromatic carbocycles. The van der Waals surface area contributed by atoms with Gasteiger partial charge in [-0.3, -0.25) is 9.59 Å². The molecule has 3 N–H and O–H groups in total. The molecule has 0 fully saturated rings. The van der Waals surface area contributed by atoms with Crippen LogP contribution in [0.4, 0.5) is 11.4 Å². The van der Waals surface area contributed by atoms with Gasteiger partial charge in [-0.2, -0.15) is 0 Å². The Labute approximate surface area is 174 Å². The number of hydrogen-bond acceptors (Lipinski definition) is 4. The SMILES string of the molecule is CC(=O)Nc1ccc2c(c1)Oc1cc(NC(C)=O)ccc1C2c1ccccc1CO. The smallest absolute Gasteiger partial charge is 0.221 e. The average molecular weight is 402 g/mol. The van der Waals surface area contributed by atoms with Gasteiger partial charge in [0.25, 0.3) is 0 Å². The molecule has 6 heteroatoms. The number of anilines is 2. The maximum atomic E-state index is 11.5. The lowest BCUT2D eigenvalue weighted by Crippen LogP contribution is -2.15. The van der Waals surface area contributed by atoms with Crippen molar-refractivity contribution < 1.29 is 19.4 Å². The number of hydrogen-bond donors (Lipinski definition) is 3. The van der Waals surface area contributed by atoms with Crippen LogP contribution in [0.2, 0.25) is 0 Å². The van der Waals surface area contributed by atoms with Crippen molar-refractivity contribution in [1.29, 1.82) is 0 Å². The first-order valence-corrected chi connectivity index (χ1v) is 9.66. The van der Waals surface area contributed by atoms with Crippen molar-refractivity contribution in [2.24, 2.45) is 0 Å². The summed E-state index contributed by atoms with van der Waals surface area (Å²) in [6.45, 7) is 2.83. The number of ether oxygens (including phenoxy) is 1. The van der Waals surface area contributed by atoms with Gasteiger partial charge in [0.2, 0.25) is 11.8 Å². The molecule has 30 heavy (non-hydrogen) atoms. The summed E-state index contributed by atoms with van der Waals surface area (Å²) in [6.07, 6.45) is 0. The van der Waals surface area contributed by atoms with Crippen LogP contribution in [0.5, 0.6) is 11.5 Å². The average Bonchev–Trinajstić information content (AvgIpc) is 2.71. The van der Waals surface area contributed by atoms with Crippen molar-refractivity contribution >= 4 is 23.2 Å².